The van der Waals surface area contributed by atoms with Crippen LogP contribution in [0.3, 0.4) is 0 Å². The van der Waals surface area contributed by atoms with Gasteiger partial charge in [0, 0.05) is 12.0 Å². The largest absolute Gasteiger partial charge is 0.453 e. The number of benzene rings is 1. The summed E-state index contributed by atoms with van der Waals surface area (Å²) in [5, 5.41) is 1.02. The molecule has 0 aromatic heterocycles. The quantitative estimate of drug-likeness (QED) is 0.676. The number of hydrogen-bond donors (Lipinski definition) is 2. The Bertz CT molecular complexity index is 680. The highest BCUT2D eigenvalue weighted by Gasteiger charge is 2.14. The lowest BCUT2D eigenvalue weighted by Gasteiger charge is -2.09. The molecule has 1 aromatic carbocycles. The molecule has 0 aliphatic rings. The number of carbonyl (C=O) groups excluding carboxylic acids is 2. The van der Waals surface area contributed by atoms with E-state index < -0.39 is 28.0 Å². The number of sulfonamides is 1. The fraction of sp³-hybridized carbons (Fsp3) is 0.333. The average molecular weight is 340 g/mol. The maximum Gasteiger partial charge on any atom is 0.307 e. The Morgan fingerprint density at radius 1 is 1.30 bits per heavy atom. The van der Waals surface area contributed by atoms with Gasteiger partial charge in [-0.3, -0.25) is 9.59 Å². The topological polar surface area (TPSA) is 116 Å². The van der Waals surface area contributed by atoms with Gasteiger partial charge >= 0.3 is 5.97 Å². The highest BCUT2D eigenvalue weighted by Crippen LogP contribution is 2.06. The van der Waals surface area contributed by atoms with E-state index in [9.17, 15) is 18.0 Å². The van der Waals surface area contributed by atoms with Gasteiger partial charge in [-0.05, 0) is 25.5 Å². The van der Waals surface area contributed by atoms with Crippen LogP contribution in [0, 0.1) is 6.92 Å². The Morgan fingerprint density at radius 2 is 1.91 bits per heavy atom. The van der Waals surface area contributed by atoms with Crippen molar-refractivity contribution in [2.45, 2.75) is 26.4 Å². The molecule has 0 unspecified atom stereocenters. The molecule has 126 valence electrons. The molecule has 0 spiro atoms. The number of ether oxygens (including phenoxy) is 1. The summed E-state index contributed by atoms with van der Waals surface area (Å²) >= 11 is 0. The zero-order chi connectivity index (χ0) is 17.5. The van der Waals surface area contributed by atoms with E-state index in [0.29, 0.717) is 0 Å². The zero-order valence-corrected chi connectivity index (χ0v) is 13.8. The Labute approximate surface area is 135 Å². The molecule has 8 heteroatoms. The van der Waals surface area contributed by atoms with Gasteiger partial charge in [-0.15, -0.1) is 0 Å². The molecule has 0 aliphatic carbocycles. The molecule has 1 rings (SSSR count). The molecule has 1 aromatic rings. The van der Waals surface area contributed by atoms with E-state index in [1.165, 1.54) is 13.0 Å². The predicted octanol–water partition coefficient (Wildman–Crippen LogP) is 0.692. The number of nitrogens with one attached hydrogen (secondary N) is 1. The van der Waals surface area contributed by atoms with E-state index in [1.807, 2.05) is 19.1 Å². The Balaban J connectivity index is 2.45. The standard InChI is InChI=1S/C15H20N2O5S/c1-11-3-5-13(6-4-11)8-10-23(20,21)17-9-7-14(18)22-12(2)15(16)19/h3-6,8,10,12,17H,7,9H2,1-2H3,(H2,16,19)/b10-8+/t12-/m1/s1. The van der Waals surface area contributed by atoms with Gasteiger partial charge in [0.2, 0.25) is 10.0 Å². The van der Waals surface area contributed by atoms with E-state index in [0.717, 1.165) is 16.5 Å². The third kappa shape index (κ3) is 7.57. The van der Waals surface area contributed by atoms with E-state index in [-0.39, 0.29) is 13.0 Å². The number of rotatable bonds is 8. The molecule has 23 heavy (non-hydrogen) atoms. The molecule has 1 atom stereocenters. The smallest absolute Gasteiger partial charge is 0.307 e. The van der Waals surface area contributed by atoms with Crippen LogP contribution in [-0.4, -0.2) is 32.9 Å². The molecule has 0 radical (unpaired) electrons. The summed E-state index contributed by atoms with van der Waals surface area (Å²) in [5.41, 5.74) is 6.77. The normalized spacial score (nSPS) is 13.0. The van der Waals surface area contributed by atoms with Crippen molar-refractivity contribution in [3.05, 3.63) is 40.8 Å². The molecule has 0 saturated carbocycles. The Kier molecular flexibility index (Phi) is 6.92. The first-order chi connectivity index (χ1) is 10.7. The van der Waals surface area contributed by atoms with Crippen LogP contribution in [0.15, 0.2) is 29.7 Å². The number of amides is 1. The summed E-state index contributed by atoms with van der Waals surface area (Å²) in [7, 11) is -3.66. The van der Waals surface area contributed by atoms with Crippen molar-refractivity contribution in [3.63, 3.8) is 0 Å². The molecule has 0 heterocycles. The number of aryl methyl sites for hydroxylation is 1. The monoisotopic (exact) mass is 340 g/mol. The van der Waals surface area contributed by atoms with Crippen molar-refractivity contribution in [2.24, 2.45) is 5.73 Å². The van der Waals surface area contributed by atoms with Crippen LogP contribution in [0.5, 0.6) is 0 Å². The van der Waals surface area contributed by atoms with Crippen LogP contribution >= 0.6 is 0 Å². The van der Waals surface area contributed by atoms with Gasteiger partial charge in [0.15, 0.2) is 6.10 Å². The van der Waals surface area contributed by atoms with Gasteiger partial charge in [-0.1, -0.05) is 29.8 Å². The molecular formula is C15H20N2O5S. The summed E-state index contributed by atoms with van der Waals surface area (Å²) in [6.07, 6.45) is 0.213. The molecular weight excluding hydrogens is 320 g/mol. The molecule has 3 N–H and O–H groups in total. The third-order valence-electron chi connectivity index (χ3n) is 2.86. The van der Waals surface area contributed by atoms with Crippen LogP contribution in [0.25, 0.3) is 6.08 Å². The lowest BCUT2D eigenvalue weighted by Crippen LogP contribution is -2.32. The van der Waals surface area contributed by atoms with Crippen LogP contribution in [0.4, 0.5) is 0 Å². The van der Waals surface area contributed by atoms with Gasteiger partial charge in [0.1, 0.15) is 0 Å². The SMILES string of the molecule is Cc1ccc(/C=C/S(=O)(=O)NCCC(=O)O[C@H](C)C(N)=O)cc1. The van der Waals surface area contributed by atoms with Gasteiger partial charge < -0.3 is 10.5 Å². The third-order valence-corrected chi connectivity index (χ3v) is 3.96. The first kappa shape index (κ1) is 18.9. The molecule has 0 bridgehead atoms. The highest BCUT2D eigenvalue weighted by atomic mass is 32.2. The fourth-order valence-corrected chi connectivity index (χ4v) is 2.32. The van der Waals surface area contributed by atoms with E-state index in [1.54, 1.807) is 12.1 Å². The van der Waals surface area contributed by atoms with Gasteiger partial charge in [0.05, 0.1) is 6.42 Å². The van der Waals surface area contributed by atoms with E-state index in [2.05, 4.69) is 4.72 Å². The number of nitrogens with two attached hydrogens (primary N) is 1. The van der Waals surface area contributed by atoms with Gasteiger partial charge in [-0.2, -0.15) is 0 Å². The summed E-state index contributed by atoms with van der Waals surface area (Å²) in [6, 6.07) is 7.33. The van der Waals surface area contributed by atoms with Gasteiger partial charge in [-0.25, -0.2) is 13.1 Å². The van der Waals surface area contributed by atoms with E-state index >= 15 is 0 Å². The summed E-state index contributed by atoms with van der Waals surface area (Å²) < 4.78 is 30.5. The second-order valence-electron chi connectivity index (χ2n) is 4.94. The molecule has 1 amide bonds. The Morgan fingerprint density at radius 3 is 2.48 bits per heavy atom. The van der Waals surface area contributed by atoms with Crippen molar-refractivity contribution in [1.29, 1.82) is 0 Å². The molecule has 0 saturated heterocycles. The zero-order valence-electron chi connectivity index (χ0n) is 13.0. The van der Waals surface area contributed by atoms with Crippen LogP contribution in [0.1, 0.15) is 24.5 Å². The van der Waals surface area contributed by atoms with Crippen molar-refractivity contribution in [3.8, 4) is 0 Å². The number of hydrogen-bond acceptors (Lipinski definition) is 5. The lowest BCUT2D eigenvalue weighted by atomic mass is 10.2. The lowest BCUT2D eigenvalue weighted by molar-refractivity contribution is -0.153. The first-order valence-electron chi connectivity index (χ1n) is 6.93. The number of carbonyl (C=O) groups is 2. The van der Waals surface area contributed by atoms with Crippen LogP contribution in [-0.2, 0) is 24.3 Å². The Hall–Kier alpha value is -2.19. The van der Waals surface area contributed by atoms with Gasteiger partial charge in [0.25, 0.3) is 5.91 Å². The second kappa shape index (κ2) is 8.44. The van der Waals surface area contributed by atoms with Crippen molar-refractivity contribution >= 4 is 28.0 Å². The minimum absolute atomic E-state index is 0.134. The number of primary amides is 1. The molecule has 0 aliphatic heterocycles. The van der Waals surface area contributed by atoms with Crippen LogP contribution in [0.2, 0.25) is 0 Å². The maximum absolute atomic E-state index is 11.8. The van der Waals surface area contributed by atoms with Crippen molar-refractivity contribution in [1.82, 2.24) is 4.72 Å². The predicted molar refractivity (Wildman–Crippen MR) is 86.5 cm³/mol. The summed E-state index contributed by atoms with van der Waals surface area (Å²) in [4.78, 5) is 22.1. The average Bonchev–Trinajstić information content (AvgIpc) is 2.46. The van der Waals surface area contributed by atoms with E-state index in [4.69, 9.17) is 10.5 Å². The summed E-state index contributed by atoms with van der Waals surface area (Å²) in [6.45, 7) is 3.14. The molecule has 7 nitrogen and oxygen atoms in total. The minimum Gasteiger partial charge on any atom is -0.453 e. The minimum atomic E-state index is -3.66. The number of esters is 1. The molecule has 0 fully saturated rings. The second-order valence-corrected chi connectivity index (χ2v) is 6.59. The maximum atomic E-state index is 11.8. The first-order valence-corrected chi connectivity index (χ1v) is 8.47. The van der Waals surface area contributed by atoms with Crippen molar-refractivity contribution in [2.75, 3.05) is 6.54 Å². The van der Waals surface area contributed by atoms with Crippen LogP contribution < -0.4 is 10.5 Å². The fourth-order valence-electron chi connectivity index (χ4n) is 1.50. The summed E-state index contributed by atoms with van der Waals surface area (Å²) in [5.74, 6) is -1.47. The highest BCUT2D eigenvalue weighted by molar-refractivity contribution is 7.92. The van der Waals surface area contributed by atoms with Crippen molar-refractivity contribution < 1.29 is 22.7 Å².